The normalized spacial score (nSPS) is 19.2. The van der Waals surface area contributed by atoms with Gasteiger partial charge in [0.1, 0.15) is 5.25 Å². The molecule has 0 fully saturated rings. The Morgan fingerprint density at radius 1 is 1.56 bits per heavy atom. The van der Waals surface area contributed by atoms with Crippen molar-refractivity contribution >= 4 is 35.0 Å². The highest BCUT2D eigenvalue weighted by molar-refractivity contribution is 8.01. The number of benzene rings is 1. The largest absolute Gasteiger partial charge is 0.323 e. The van der Waals surface area contributed by atoms with Crippen LogP contribution in [0.2, 0.25) is 5.02 Å². The molecule has 5 heteroatoms. The molecule has 0 saturated carbocycles. The van der Waals surface area contributed by atoms with Crippen molar-refractivity contribution in [3.63, 3.8) is 0 Å². The summed E-state index contributed by atoms with van der Waals surface area (Å²) in [5.74, 6) is 0.0117. The zero-order valence-electron chi connectivity index (χ0n) is 9.13. The third kappa shape index (κ3) is 2.19. The van der Waals surface area contributed by atoms with Crippen LogP contribution in [-0.4, -0.2) is 24.7 Å². The number of anilines is 1. The zero-order valence-corrected chi connectivity index (χ0v) is 10.7. The number of carbonyl (C=O) groups is 1. The number of hydrogen-bond acceptors (Lipinski definition) is 3. The molecule has 1 aromatic carbocycles. The fraction of sp³-hybridized carbons (Fsp3) is 0.364. The number of rotatable bonds is 2. The van der Waals surface area contributed by atoms with E-state index in [9.17, 15) is 4.79 Å². The van der Waals surface area contributed by atoms with E-state index in [2.05, 4.69) is 10.6 Å². The predicted octanol–water partition coefficient (Wildman–Crippen LogP) is 2.28. The fourth-order valence-electron chi connectivity index (χ4n) is 1.65. The maximum atomic E-state index is 11.8. The van der Waals surface area contributed by atoms with Gasteiger partial charge in [0.25, 0.3) is 0 Å². The molecule has 16 heavy (non-hydrogen) atoms. The molecular formula is C11H13ClN2OS. The van der Waals surface area contributed by atoms with Gasteiger partial charge in [0.15, 0.2) is 0 Å². The first-order chi connectivity index (χ1) is 7.61. The number of hydrogen-bond donors (Lipinski definition) is 2. The molecule has 0 spiro atoms. The molecule has 1 aliphatic heterocycles. The standard InChI is InChI=1S/C11H13ClN2OS/c1-6-3-7(12)10-8(4-6)16-9(5-13-2)11(15)14-10/h3-4,9,13H,5H2,1-2H3,(H,14,15). The lowest BCUT2D eigenvalue weighted by Gasteiger charge is -2.25. The second kappa shape index (κ2) is 4.65. The second-order valence-corrected chi connectivity index (χ2v) is 5.43. The average Bonchev–Trinajstić information content (AvgIpc) is 2.21. The SMILES string of the molecule is CNCC1Sc2cc(C)cc(Cl)c2NC1=O. The molecule has 1 unspecified atom stereocenters. The molecule has 0 saturated heterocycles. The highest BCUT2D eigenvalue weighted by Gasteiger charge is 2.27. The van der Waals surface area contributed by atoms with Gasteiger partial charge in [-0.05, 0) is 31.7 Å². The molecule has 3 nitrogen and oxygen atoms in total. The Morgan fingerprint density at radius 2 is 2.31 bits per heavy atom. The van der Waals surface area contributed by atoms with Crippen LogP contribution in [-0.2, 0) is 4.79 Å². The number of nitrogens with one attached hydrogen (secondary N) is 2. The number of fused-ring (bicyclic) bond motifs is 1. The summed E-state index contributed by atoms with van der Waals surface area (Å²) in [6, 6.07) is 3.91. The van der Waals surface area contributed by atoms with Crippen molar-refractivity contribution in [3.05, 3.63) is 22.7 Å². The first-order valence-corrected chi connectivity index (χ1v) is 6.30. The fourth-order valence-corrected chi connectivity index (χ4v) is 3.29. The van der Waals surface area contributed by atoms with Crippen LogP contribution in [0.15, 0.2) is 17.0 Å². The minimum atomic E-state index is -0.0876. The van der Waals surface area contributed by atoms with Crippen LogP contribution in [0.4, 0.5) is 5.69 Å². The van der Waals surface area contributed by atoms with E-state index in [0.29, 0.717) is 11.6 Å². The molecule has 2 rings (SSSR count). The first kappa shape index (κ1) is 11.8. The maximum Gasteiger partial charge on any atom is 0.239 e. The molecule has 2 N–H and O–H groups in total. The molecular weight excluding hydrogens is 244 g/mol. The molecule has 1 aromatic rings. The van der Waals surface area contributed by atoms with Crippen LogP contribution < -0.4 is 10.6 Å². The van der Waals surface area contributed by atoms with Gasteiger partial charge in [0, 0.05) is 11.4 Å². The van der Waals surface area contributed by atoms with Gasteiger partial charge in [-0.3, -0.25) is 4.79 Å². The highest BCUT2D eigenvalue weighted by Crippen LogP contribution is 2.40. The molecule has 1 heterocycles. The Morgan fingerprint density at radius 3 is 3.00 bits per heavy atom. The van der Waals surface area contributed by atoms with Crippen molar-refractivity contribution in [2.75, 3.05) is 18.9 Å². The van der Waals surface area contributed by atoms with Crippen molar-refractivity contribution < 1.29 is 4.79 Å². The Labute approximate surface area is 104 Å². The lowest BCUT2D eigenvalue weighted by Crippen LogP contribution is -2.36. The quantitative estimate of drug-likeness (QED) is 0.853. The molecule has 1 amide bonds. The van der Waals surface area contributed by atoms with Crippen molar-refractivity contribution in [2.45, 2.75) is 17.1 Å². The van der Waals surface area contributed by atoms with E-state index in [0.717, 1.165) is 16.1 Å². The van der Waals surface area contributed by atoms with Crippen LogP contribution >= 0.6 is 23.4 Å². The van der Waals surface area contributed by atoms with E-state index in [1.165, 1.54) is 0 Å². The van der Waals surface area contributed by atoms with Crippen LogP contribution in [0.3, 0.4) is 0 Å². The topological polar surface area (TPSA) is 41.1 Å². The zero-order chi connectivity index (χ0) is 11.7. The minimum Gasteiger partial charge on any atom is -0.323 e. The third-order valence-corrected chi connectivity index (χ3v) is 3.94. The average molecular weight is 257 g/mol. The summed E-state index contributed by atoms with van der Waals surface area (Å²) in [5.41, 5.74) is 1.85. The van der Waals surface area contributed by atoms with Crippen molar-refractivity contribution in [3.8, 4) is 0 Å². The molecule has 0 radical (unpaired) electrons. The predicted molar refractivity (Wildman–Crippen MR) is 68.4 cm³/mol. The summed E-state index contributed by atoms with van der Waals surface area (Å²) >= 11 is 7.65. The van der Waals surface area contributed by atoms with Gasteiger partial charge in [0.2, 0.25) is 5.91 Å². The maximum absolute atomic E-state index is 11.8. The molecule has 0 aliphatic carbocycles. The van der Waals surface area contributed by atoms with E-state index in [-0.39, 0.29) is 11.2 Å². The lowest BCUT2D eigenvalue weighted by atomic mass is 10.2. The second-order valence-electron chi connectivity index (χ2n) is 3.77. The Bertz CT molecular complexity index is 436. The van der Waals surface area contributed by atoms with Gasteiger partial charge in [-0.1, -0.05) is 11.6 Å². The number of carbonyl (C=O) groups excluding carboxylic acids is 1. The summed E-state index contributed by atoms with van der Waals surface area (Å²) in [7, 11) is 1.84. The van der Waals surface area contributed by atoms with Crippen LogP contribution in [0.5, 0.6) is 0 Å². The minimum absolute atomic E-state index is 0.0117. The van der Waals surface area contributed by atoms with E-state index in [1.807, 2.05) is 26.1 Å². The third-order valence-electron chi connectivity index (χ3n) is 2.40. The Kier molecular flexibility index (Phi) is 3.42. The summed E-state index contributed by atoms with van der Waals surface area (Å²) < 4.78 is 0. The highest BCUT2D eigenvalue weighted by atomic mass is 35.5. The molecule has 0 aromatic heterocycles. The molecule has 1 aliphatic rings. The summed E-state index contributed by atoms with van der Waals surface area (Å²) in [5, 5.41) is 6.39. The van der Waals surface area contributed by atoms with Gasteiger partial charge >= 0.3 is 0 Å². The van der Waals surface area contributed by atoms with Gasteiger partial charge in [-0.2, -0.15) is 0 Å². The van der Waals surface area contributed by atoms with E-state index in [1.54, 1.807) is 11.8 Å². The van der Waals surface area contributed by atoms with Crippen LogP contribution in [0.1, 0.15) is 5.56 Å². The number of aryl methyl sites for hydroxylation is 1. The van der Waals surface area contributed by atoms with Crippen LogP contribution in [0, 0.1) is 6.92 Å². The number of halogens is 1. The lowest BCUT2D eigenvalue weighted by molar-refractivity contribution is -0.115. The molecule has 1 atom stereocenters. The van der Waals surface area contributed by atoms with E-state index < -0.39 is 0 Å². The van der Waals surface area contributed by atoms with Gasteiger partial charge in [-0.25, -0.2) is 0 Å². The summed E-state index contributed by atoms with van der Waals surface area (Å²) in [6.07, 6.45) is 0. The molecule has 0 bridgehead atoms. The van der Waals surface area contributed by atoms with E-state index in [4.69, 9.17) is 11.6 Å². The van der Waals surface area contributed by atoms with Crippen molar-refractivity contribution in [1.29, 1.82) is 0 Å². The van der Waals surface area contributed by atoms with Crippen molar-refractivity contribution in [2.24, 2.45) is 0 Å². The van der Waals surface area contributed by atoms with Crippen LogP contribution in [0.25, 0.3) is 0 Å². The number of amides is 1. The smallest absolute Gasteiger partial charge is 0.239 e. The Hall–Kier alpha value is -0.710. The Balaban J connectivity index is 2.35. The van der Waals surface area contributed by atoms with Gasteiger partial charge in [-0.15, -0.1) is 11.8 Å². The monoisotopic (exact) mass is 256 g/mol. The van der Waals surface area contributed by atoms with Gasteiger partial charge in [0.05, 0.1) is 10.7 Å². The summed E-state index contributed by atoms with van der Waals surface area (Å²) in [4.78, 5) is 12.8. The molecule has 86 valence electrons. The number of thioether (sulfide) groups is 1. The van der Waals surface area contributed by atoms with Crippen molar-refractivity contribution in [1.82, 2.24) is 5.32 Å². The summed E-state index contributed by atoms with van der Waals surface area (Å²) in [6.45, 7) is 2.65. The first-order valence-electron chi connectivity index (χ1n) is 5.04. The van der Waals surface area contributed by atoms with E-state index >= 15 is 0 Å². The van der Waals surface area contributed by atoms with Gasteiger partial charge < -0.3 is 10.6 Å².